The summed E-state index contributed by atoms with van der Waals surface area (Å²) in [4.78, 5) is 14.8. The molecule has 0 radical (unpaired) electrons. The van der Waals surface area contributed by atoms with E-state index in [0.29, 0.717) is 12.2 Å². The SMILES string of the molecule is O=C(c1ccc(S(=O)(=O)NC[C@@H]2CCCO2)cc1)N1CCN(S(=O)(=O)c2ccccc2)CC1. The number of rotatable bonds is 7. The zero-order chi connectivity index (χ0) is 23.5. The average Bonchev–Trinajstić information content (AvgIpc) is 3.37. The summed E-state index contributed by atoms with van der Waals surface area (Å²) in [6, 6.07) is 14.0. The van der Waals surface area contributed by atoms with Crippen LogP contribution in [0.2, 0.25) is 0 Å². The summed E-state index contributed by atoms with van der Waals surface area (Å²) in [5, 5.41) is 0. The van der Waals surface area contributed by atoms with Gasteiger partial charge in [-0.2, -0.15) is 4.31 Å². The zero-order valence-electron chi connectivity index (χ0n) is 18.1. The molecular formula is C22H27N3O6S2. The molecule has 2 fully saturated rings. The average molecular weight is 494 g/mol. The van der Waals surface area contributed by atoms with E-state index in [1.165, 1.54) is 28.6 Å². The number of piperazine rings is 1. The summed E-state index contributed by atoms with van der Waals surface area (Å²) in [6.07, 6.45) is 1.65. The van der Waals surface area contributed by atoms with Crippen molar-refractivity contribution in [1.29, 1.82) is 0 Å². The van der Waals surface area contributed by atoms with E-state index in [-0.39, 0.29) is 54.5 Å². The normalized spacial score (nSPS) is 20.1. The lowest BCUT2D eigenvalue weighted by Gasteiger charge is -2.34. The third-order valence-electron chi connectivity index (χ3n) is 5.84. The van der Waals surface area contributed by atoms with Gasteiger partial charge in [-0.1, -0.05) is 18.2 Å². The molecule has 4 rings (SSSR count). The van der Waals surface area contributed by atoms with Crippen LogP contribution in [-0.4, -0.2) is 77.4 Å². The number of sulfonamides is 2. The second kappa shape index (κ2) is 9.90. The summed E-state index contributed by atoms with van der Waals surface area (Å²) < 4.78 is 59.9. The molecule has 2 saturated heterocycles. The third kappa shape index (κ3) is 5.44. The third-order valence-corrected chi connectivity index (χ3v) is 9.20. The number of carbonyl (C=O) groups is 1. The highest BCUT2D eigenvalue weighted by atomic mass is 32.2. The van der Waals surface area contributed by atoms with Crippen molar-refractivity contribution < 1.29 is 26.4 Å². The van der Waals surface area contributed by atoms with Crippen LogP contribution in [0.1, 0.15) is 23.2 Å². The summed E-state index contributed by atoms with van der Waals surface area (Å²) in [6.45, 7) is 1.78. The molecule has 1 atom stereocenters. The summed E-state index contributed by atoms with van der Waals surface area (Å²) in [7, 11) is -7.29. The van der Waals surface area contributed by atoms with Crippen LogP contribution in [0.3, 0.4) is 0 Å². The number of hydrogen-bond donors (Lipinski definition) is 1. The minimum absolute atomic E-state index is 0.0795. The number of carbonyl (C=O) groups excluding carboxylic acids is 1. The van der Waals surface area contributed by atoms with Gasteiger partial charge in [0.1, 0.15) is 0 Å². The fourth-order valence-corrected chi connectivity index (χ4v) is 6.43. The maximum atomic E-state index is 12.9. The zero-order valence-corrected chi connectivity index (χ0v) is 19.7. The molecule has 2 heterocycles. The molecule has 0 bridgehead atoms. The van der Waals surface area contributed by atoms with Gasteiger partial charge in [-0.25, -0.2) is 21.6 Å². The molecule has 0 aromatic heterocycles. The highest BCUT2D eigenvalue weighted by Crippen LogP contribution is 2.19. The first kappa shape index (κ1) is 23.8. The van der Waals surface area contributed by atoms with Crippen molar-refractivity contribution >= 4 is 26.0 Å². The molecule has 0 unspecified atom stereocenters. The van der Waals surface area contributed by atoms with Crippen LogP contribution in [0.5, 0.6) is 0 Å². The number of amides is 1. The number of hydrogen-bond acceptors (Lipinski definition) is 6. The van der Waals surface area contributed by atoms with Crippen LogP contribution < -0.4 is 4.72 Å². The Hall–Kier alpha value is -2.31. The Morgan fingerprint density at radius 1 is 0.909 bits per heavy atom. The Bertz CT molecular complexity index is 1170. The van der Waals surface area contributed by atoms with Crippen molar-refractivity contribution in [3.63, 3.8) is 0 Å². The molecule has 2 aliphatic rings. The molecule has 1 amide bonds. The van der Waals surface area contributed by atoms with Gasteiger partial charge in [0, 0.05) is 44.9 Å². The standard InChI is InChI=1S/C22H27N3O6S2/c26-22(24-12-14-25(15-13-24)33(29,30)21-6-2-1-3-7-21)18-8-10-20(11-9-18)32(27,28)23-17-19-5-4-16-31-19/h1-3,6-11,19,23H,4-5,12-17H2/t19-/m0/s1. The quantitative estimate of drug-likeness (QED) is 0.622. The van der Waals surface area contributed by atoms with Crippen LogP contribution in [0.15, 0.2) is 64.4 Å². The molecule has 33 heavy (non-hydrogen) atoms. The number of benzene rings is 2. The number of ether oxygens (including phenoxy) is 1. The van der Waals surface area contributed by atoms with Gasteiger partial charge in [0.05, 0.1) is 15.9 Å². The maximum Gasteiger partial charge on any atom is 0.253 e. The highest BCUT2D eigenvalue weighted by Gasteiger charge is 2.30. The Labute approximate surface area is 194 Å². The summed E-state index contributed by atoms with van der Waals surface area (Å²) >= 11 is 0. The van der Waals surface area contributed by atoms with Crippen molar-refractivity contribution in [2.45, 2.75) is 28.7 Å². The Morgan fingerprint density at radius 3 is 2.18 bits per heavy atom. The fourth-order valence-electron chi connectivity index (χ4n) is 3.92. The topological polar surface area (TPSA) is 113 Å². The second-order valence-electron chi connectivity index (χ2n) is 8.02. The van der Waals surface area contributed by atoms with Gasteiger partial charge >= 0.3 is 0 Å². The molecule has 2 aromatic carbocycles. The first-order valence-corrected chi connectivity index (χ1v) is 13.8. The van der Waals surface area contributed by atoms with Crippen LogP contribution in [0.4, 0.5) is 0 Å². The van der Waals surface area contributed by atoms with E-state index in [4.69, 9.17) is 4.74 Å². The van der Waals surface area contributed by atoms with E-state index in [0.717, 1.165) is 12.8 Å². The predicted octanol–water partition coefficient (Wildman–Crippen LogP) is 1.29. The van der Waals surface area contributed by atoms with Crippen LogP contribution in [-0.2, 0) is 24.8 Å². The first-order chi connectivity index (χ1) is 15.8. The monoisotopic (exact) mass is 493 g/mol. The smallest absolute Gasteiger partial charge is 0.253 e. The Kier molecular flexibility index (Phi) is 7.15. The largest absolute Gasteiger partial charge is 0.377 e. The van der Waals surface area contributed by atoms with Crippen LogP contribution >= 0.6 is 0 Å². The van der Waals surface area contributed by atoms with Crippen molar-refractivity contribution in [3.8, 4) is 0 Å². The van der Waals surface area contributed by atoms with Gasteiger partial charge in [0.2, 0.25) is 20.0 Å². The van der Waals surface area contributed by atoms with Crippen molar-refractivity contribution in [1.82, 2.24) is 13.9 Å². The van der Waals surface area contributed by atoms with E-state index in [1.807, 2.05) is 0 Å². The molecule has 2 aromatic rings. The van der Waals surface area contributed by atoms with E-state index in [9.17, 15) is 21.6 Å². The second-order valence-corrected chi connectivity index (χ2v) is 11.7. The van der Waals surface area contributed by atoms with Crippen molar-refractivity contribution in [3.05, 3.63) is 60.2 Å². The van der Waals surface area contributed by atoms with Crippen LogP contribution in [0, 0.1) is 0 Å². The maximum absolute atomic E-state index is 12.9. The molecule has 0 saturated carbocycles. The van der Waals surface area contributed by atoms with E-state index in [1.54, 1.807) is 35.2 Å². The van der Waals surface area contributed by atoms with Gasteiger partial charge in [-0.15, -0.1) is 0 Å². The Morgan fingerprint density at radius 2 is 1.58 bits per heavy atom. The fraction of sp³-hybridized carbons (Fsp3) is 0.409. The van der Waals surface area contributed by atoms with Gasteiger partial charge in [0.25, 0.3) is 5.91 Å². The molecular weight excluding hydrogens is 466 g/mol. The molecule has 1 N–H and O–H groups in total. The molecule has 9 nitrogen and oxygen atoms in total. The summed E-state index contributed by atoms with van der Waals surface area (Å²) in [5.41, 5.74) is 0.354. The molecule has 0 aliphatic carbocycles. The van der Waals surface area contributed by atoms with E-state index < -0.39 is 20.0 Å². The van der Waals surface area contributed by atoms with Gasteiger partial charge in [-0.3, -0.25) is 4.79 Å². The van der Waals surface area contributed by atoms with Gasteiger partial charge < -0.3 is 9.64 Å². The molecule has 178 valence electrons. The minimum Gasteiger partial charge on any atom is -0.377 e. The lowest BCUT2D eigenvalue weighted by Crippen LogP contribution is -2.50. The highest BCUT2D eigenvalue weighted by molar-refractivity contribution is 7.89. The van der Waals surface area contributed by atoms with Crippen molar-refractivity contribution in [2.24, 2.45) is 0 Å². The number of nitrogens with zero attached hydrogens (tertiary/aromatic N) is 2. The number of nitrogens with one attached hydrogen (secondary N) is 1. The van der Waals surface area contributed by atoms with E-state index >= 15 is 0 Å². The molecule has 11 heteroatoms. The Balaban J connectivity index is 1.35. The van der Waals surface area contributed by atoms with Crippen molar-refractivity contribution in [2.75, 3.05) is 39.3 Å². The van der Waals surface area contributed by atoms with E-state index in [2.05, 4.69) is 4.72 Å². The molecule has 0 spiro atoms. The molecule has 2 aliphatic heterocycles. The van der Waals surface area contributed by atoms with Gasteiger partial charge in [0.15, 0.2) is 0 Å². The predicted molar refractivity (Wildman–Crippen MR) is 122 cm³/mol. The van der Waals surface area contributed by atoms with Crippen LogP contribution in [0.25, 0.3) is 0 Å². The van der Waals surface area contributed by atoms with Gasteiger partial charge in [-0.05, 0) is 49.2 Å². The lowest BCUT2D eigenvalue weighted by atomic mass is 10.2. The minimum atomic E-state index is -3.69. The first-order valence-electron chi connectivity index (χ1n) is 10.8. The lowest BCUT2D eigenvalue weighted by molar-refractivity contribution is 0.0698. The summed E-state index contributed by atoms with van der Waals surface area (Å²) in [5.74, 6) is -0.261.